The van der Waals surface area contributed by atoms with Crippen LogP contribution in [0.4, 0.5) is 0 Å². The SMILES string of the molecule is CCC1CCCCN1C(=O)COC(=O)c1ccc(CS(C)(=O)=O)cc1. The first kappa shape index (κ1) is 19.4. The number of amides is 1. The molecule has 7 heteroatoms. The number of carbonyl (C=O) groups excluding carboxylic acids is 2. The molecular weight excluding hydrogens is 342 g/mol. The van der Waals surface area contributed by atoms with Crippen LogP contribution in [0.3, 0.4) is 0 Å². The second kappa shape index (κ2) is 8.47. The predicted molar refractivity (Wildman–Crippen MR) is 94.9 cm³/mol. The number of hydrogen-bond donors (Lipinski definition) is 0. The molecule has 1 fully saturated rings. The first-order valence-electron chi connectivity index (χ1n) is 8.53. The molecule has 1 saturated heterocycles. The average Bonchev–Trinajstić information content (AvgIpc) is 2.58. The Morgan fingerprint density at radius 1 is 1.20 bits per heavy atom. The van der Waals surface area contributed by atoms with Crippen LogP contribution in [0.2, 0.25) is 0 Å². The number of nitrogens with zero attached hydrogens (tertiary/aromatic N) is 1. The molecule has 1 unspecified atom stereocenters. The summed E-state index contributed by atoms with van der Waals surface area (Å²) in [5.41, 5.74) is 0.907. The van der Waals surface area contributed by atoms with Crippen molar-refractivity contribution in [2.75, 3.05) is 19.4 Å². The minimum Gasteiger partial charge on any atom is -0.452 e. The highest BCUT2D eigenvalue weighted by molar-refractivity contribution is 7.89. The highest BCUT2D eigenvalue weighted by atomic mass is 32.2. The zero-order chi connectivity index (χ0) is 18.4. The van der Waals surface area contributed by atoms with Gasteiger partial charge in [0.25, 0.3) is 5.91 Å². The lowest BCUT2D eigenvalue weighted by molar-refractivity contribution is -0.138. The van der Waals surface area contributed by atoms with Crippen LogP contribution in [0, 0.1) is 0 Å². The molecular formula is C18H25NO5S. The van der Waals surface area contributed by atoms with E-state index in [0.717, 1.165) is 38.5 Å². The van der Waals surface area contributed by atoms with E-state index in [1.165, 1.54) is 12.1 Å². The predicted octanol–water partition coefficient (Wildman–Crippen LogP) is 2.18. The van der Waals surface area contributed by atoms with E-state index in [9.17, 15) is 18.0 Å². The topological polar surface area (TPSA) is 80.8 Å². The molecule has 1 amide bonds. The van der Waals surface area contributed by atoms with E-state index < -0.39 is 15.8 Å². The highest BCUT2D eigenvalue weighted by Gasteiger charge is 2.26. The maximum atomic E-state index is 12.3. The molecule has 0 radical (unpaired) electrons. The fourth-order valence-corrected chi connectivity index (χ4v) is 3.88. The summed E-state index contributed by atoms with van der Waals surface area (Å²) in [5.74, 6) is -0.813. The zero-order valence-electron chi connectivity index (χ0n) is 14.7. The Bertz CT molecular complexity index is 711. The van der Waals surface area contributed by atoms with Gasteiger partial charge in [-0.25, -0.2) is 13.2 Å². The fraction of sp³-hybridized carbons (Fsp3) is 0.556. The van der Waals surface area contributed by atoms with Crippen LogP contribution in [-0.4, -0.2) is 50.6 Å². The molecule has 0 aliphatic carbocycles. The Hall–Kier alpha value is -1.89. The summed E-state index contributed by atoms with van der Waals surface area (Å²) in [4.78, 5) is 26.2. The van der Waals surface area contributed by atoms with Crippen LogP contribution in [-0.2, 0) is 25.1 Å². The Labute approximate surface area is 149 Å². The van der Waals surface area contributed by atoms with Crippen molar-refractivity contribution in [2.45, 2.75) is 44.4 Å². The van der Waals surface area contributed by atoms with Crippen molar-refractivity contribution in [2.24, 2.45) is 0 Å². The Morgan fingerprint density at radius 3 is 2.48 bits per heavy atom. The number of carbonyl (C=O) groups is 2. The minimum absolute atomic E-state index is 0.0752. The Morgan fingerprint density at radius 2 is 1.88 bits per heavy atom. The number of hydrogen-bond acceptors (Lipinski definition) is 5. The van der Waals surface area contributed by atoms with Crippen LogP contribution in [0.5, 0.6) is 0 Å². The normalized spacial score (nSPS) is 18.0. The first-order chi connectivity index (χ1) is 11.8. The van der Waals surface area contributed by atoms with E-state index >= 15 is 0 Å². The largest absolute Gasteiger partial charge is 0.452 e. The second-order valence-corrected chi connectivity index (χ2v) is 8.63. The smallest absolute Gasteiger partial charge is 0.338 e. The van der Waals surface area contributed by atoms with Crippen molar-refractivity contribution in [3.63, 3.8) is 0 Å². The van der Waals surface area contributed by atoms with Gasteiger partial charge in [-0.1, -0.05) is 19.1 Å². The standard InChI is InChI=1S/C18H25NO5S/c1-3-16-6-4-5-11-19(16)17(20)12-24-18(21)15-9-7-14(8-10-15)13-25(2,22)23/h7-10,16H,3-6,11-13H2,1-2H3. The molecule has 1 aromatic rings. The third-order valence-corrected chi connectivity index (χ3v) is 5.22. The third-order valence-electron chi connectivity index (χ3n) is 4.36. The molecule has 25 heavy (non-hydrogen) atoms. The lowest BCUT2D eigenvalue weighted by Crippen LogP contribution is -2.45. The van der Waals surface area contributed by atoms with E-state index in [0.29, 0.717) is 11.1 Å². The summed E-state index contributed by atoms with van der Waals surface area (Å²) in [6.07, 6.45) is 5.17. The number of likely N-dealkylation sites (tertiary alicyclic amines) is 1. The van der Waals surface area contributed by atoms with Gasteiger partial charge in [0.05, 0.1) is 11.3 Å². The number of piperidine rings is 1. The van der Waals surface area contributed by atoms with Gasteiger partial charge < -0.3 is 9.64 Å². The number of esters is 1. The maximum Gasteiger partial charge on any atom is 0.338 e. The molecule has 0 spiro atoms. The summed E-state index contributed by atoms with van der Waals surface area (Å²) < 4.78 is 27.7. The van der Waals surface area contributed by atoms with Crippen LogP contribution < -0.4 is 0 Å². The molecule has 1 aliphatic heterocycles. The summed E-state index contributed by atoms with van der Waals surface area (Å²) in [6, 6.07) is 6.43. The average molecular weight is 367 g/mol. The van der Waals surface area contributed by atoms with Crippen molar-refractivity contribution in [1.82, 2.24) is 4.90 Å². The van der Waals surface area contributed by atoms with E-state index in [1.54, 1.807) is 12.1 Å². The molecule has 0 N–H and O–H groups in total. The van der Waals surface area contributed by atoms with Gasteiger partial charge in [0, 0.05) is 18.8 Å². The van der Waals surface area contributed by atoms with Gasteiger partial charge in [-0.15, -0.1) is 0 Å². The molecule has 1 aromatic carbocycles. The monoisotopic (exact) mass is 367 g/mol. The van der Waals surface area contributed by atoms with Crippen LogP contribution in [0.15, 0.2) is 24.3 Å². The number of benzene rings is 1. The highest BCUT2D eigenvalue weighted by Crippen LogP contribution is 2.19. The van der Waals surface area contributed by atoms with Gasteiger partial charge in [0.15, 0.2) is 16.4 Å². The maximum absolute atomic E-state index is 12.3. The number of sulfone groups is 1. The van der Waals surface area contributed by atoms with Gasteiger partial charge >= 0.3 is 5.97 Å². The zero-order valence-corrected chi connectivity index (χ0v) is 15.5. The molecule has 6 nitrogen and oxygen atoms in total. The summed E-state index contributed by atoms with van der Waals surface area (Å²) >= 11 is 0. The quantitative estimate of drug-likeness (QED) is 0.720. The van der Waals surface area contributed by atoms with Gasteiger partial charge in [0.1, 0.15) is 0 Å². The van der Waals surface area contributed by atoms with Gasteiger partial charge in [0.2, 0.25) is 0 Å². The molecule has 2 rings (SSSR count). The third kappa shape index (κ3) is 5.85. The van der Waals surface area contributed by atoms with E-state index in [-0.39, 0.29) is 24.3 Å². The minimum atomic E-state index is -3.12. The number of rotatable bonds is 6. The lowest BCUT2D eigenvalue weighted by Gasteiger charge is -2.35. The van der Waals surface area contributed by atoms with Crippen molar-refractivity contribution in [1.29, 1.82) is 0 Å². The van der Waals surface area contributed by atoms with E-state index in [4.69, 9.17) is 4.74 Å². The molecule has 1 aliphatic rings. The molecule has 0 bridgehead atoms. The van der Waals surface area contributed by atoms with E-state index in [1.807, 2.05) is 4.90 Å². The second-order valence-electron chi connectivity index (χ2n) is 6.49. The first-order valence-corrected chi connectivity index (χ1v) is 10.6. The summed E-state index contributed by atoms with van der Waals surface area (Å²) in [7, 11) is -3.12. The van der Waals surface area contributed by atoms with Crippen LogP contribution in [0.25, 0.3) is 0 Å². The van der Waals surface area contributed by atoms with Crippen LogP contribution in [0.1, 0.15) is 48.5 Å². The van der Waals surface area contributed by atoms with Crippen molar-refractivity contribution in [3.8, 4) is 0 Å². The molecule has 0 aromatic heterocycles. The summed E-state index contributed by atoms with van der Waals surface area (Å²) in [6.45, 7) is 2.51. The fourth-order valence-electron chi connectivity index (χ4n) is 3.09. The Balaban J connectivity index is 1.90. The lowest BCUT2D eigenvalue weighted by atomic mass is 10.00. The molecule has 138 valence electrons. The van der Waals surface area contributed by atoms with Crippen molar-refractivity contribution in [3.05, 3.63) is 35.4 Å². The van der Waals surface area contributed by atoms with Crippen LogP contribution >= 0.6 is 0 Å². The van der Waals surface area contributed by atoms with E-state index in [2.05, 4.69) is 6.92 Å². The Kier molecular flexibility index (Phi) is 6.58. The van der Waals surface area contributed by atoms with Crippen molar-refractivity contribution >= 4 is 21.7 Å². The van der Waals surface area contributed by atoms with Crippen molar-refractivity contribution < 1.29 is 22.7 Å². The molecule has 0 saturated carbocycles. The number of ether oxygens (including phenoxy) is 1. The van der Waals surface area contributed by atoms with Gasteiger partial charge in [-0.2, -0.15) is 0 Å². The van der Waals surface area contributed by atoms with Gasteiger partial charge in [-0.05, 0) is 43.4 Å². The molecule has 1 heterocycles. The summed E-state index contributed by atoms with van der Waals surface area (Å²) in [5, 5.41) is 0. The molecule has 1 atom stereocenters. The van der Waals surface area contributed by atoms with Gasteiger partial charge in [-0.3, -0.25) is 4.79 Å².